The molecule has 0 spiro atoms. The molecule has 1 aliphatic heterocycles. The minimum atomic E-state index is -3.49. The molecule has 0 fully saturated rings. The fraction of sp³-hybridized carbons (Fsp3) is 0.462. The quantitative estimate of drug-likeness (QED) is 0.880. The van der Waals surface area contributed by atoms with Crippen molar-refractivity contribution in [2.45, 2.75) is 12.8 Å². The summed E-state index contributed by atoms with van der Waals surface area (Å²) in [7, 11) is -2.04. The summed E-state index contributed by atoms with van der Waals surface area (Å²) in [5.74, 6) is -1.14. The van der Waals surface area contributed by atoms with Crippen molar-refractivity contribution in [3.05, 3.63) is 29.3 Å². The Bertz CT molecular complexity index is 611. The fourth-order valence-corrected chi connectivity index (χ4v) is 3.85. The van der Waals surface area contributed by atoms with E-state index in [-0.39, 0.29) is 17.9 Å². The first-order chi connectivity index (χ1) is 9.47. The average molecular weight is 299 g/mol. The van der Waals surface area contributed by atoms with Crippen molar-refractivity contribution in [2.24, 2.45) is 0 Å². The van der Waals surface area contributed by atoms with Crippen LogP contribution < -0.4 is 4.31 Å². The Morgan fingerprint density at radius 1 is 1.45 bits per heavy atom. The SMILES string of the molecule is COCCS(=O)(=O)N1CCCc2c(C(=O)O)cccc21. The fourth-order valence-electron chi connectivity index (χ4n) is 2.38. The Morgan fingerprint density at radius 3 is 2.85 bits per heavy atom. The summed E-state index contributed by atoms with van der Waals surface area (Å²) in [6.45, 7) is 0.495. The molecule has 0 atom stereocenters. The molecule has 0 saturated heterocycles. The minimum absolute atomic E-state index is 0.111. The summed E-state index contributed by atoms with van der Waals surface area (Å²) in [6, 6.07) is 4.74. The molecule has 1 heterocycles. The first-order valence-corrected chi connectivity index (χ1v) is 7.93. The summed E-state index contributed by atoms with van der Waals surface area (Å²) < 4.78 is 30.7. The maximum absolute atomic E-state index is 12.3. The lowest BCUT2D eigenvalue weighted by Gasteiger charge is -2.31. The van der Waals surface area contributed by atoms with Crippen LogP contribution >= 0.6 is 0 Å². The van der Waals surface area contributed by atoms with Gasteiger partial charge in [0.25, 0.3) is 0 Å². The third kappa shape index (κ3) is 2.78. The third-order valence-corrected chi connectivity index (χ3v) is 5.05. The number of carboxylic acid groups (broad SMARTS) is 1. The topological polar surface area (TPSA) is 83.9 Å². The summed E-state index contributed by atoms with van der Waals surface area (Å²) in [6.07, 6.45) is 1.19. The number of sulfonamides is 1. The van der Waals surface area contributed by atoms with Gasteiger partial charge in [-0.05, 0) is 30.5 Å². The summed E-state index contributed by atoms with van der Waals surface area (Å²) in [4.78, 5) is 11.2. The van der Waals surface area contributed by atoms with Crippen molar-refractivity contribution < 1.29 is 23.1 Å². The zero-order chi connectivity index (χ0) is 14.8. The molecule has 1 aromatic carbocycles. The Morgan fingerprint density at radius 2 is 2.20 bits per heavy atom. The van der Waals surface area contributed by atoms with E-state index in [1.165, 1.54) is 17.5 Å². The van der Waals surface area contributed by atoms with Crippen molar-refractivity contribution in [3.8, 4) is 0 Å². The number of methoxy groups -OCH3 is 1. The molecule has 110 valence electrons. The van der Waals surface area contributed by atoms with Crippen molar-refractivity contribution >= 4 is 21.7 Å². The van der Waals surface area contributed by atoms with E-state index < -0.39 is 16.0 Å². The number of fused-ring (bicyclic) bond motifs is 1. The number of ether oxygens (including phenoxy) is 1. The molecule has 1 aliphatic rings. The van der Waals surface area contributed by atoms with Gasteiger partial charge in [0.15, 0.2) is 0 Å². The standard InChI is InChI=1S/C13H17NO5S/c1-19-8-9-20(17,18)14-7-3-5-10-11(13(15)16)4-2-6-12(10)14/h2,4,6H,3,5,7-9H2,1H3,(H,15,16). The number of anilines is 1. The van der Waals surface area contributed by atoms with Crippen LogP contribution in [0.15, 0.2) is 18.2 Å². The lowest BCUT2D eigenvalue weighted by molar-refractivity contribution is 0.0695. The number of hydrogen-bond donors (Lipinski definition) is 1. The van der Waals surface area contributed by atoms with Gasteiger partial charge in [-0.3, -0.25) is 4.31 Å². The smallest absolute Gasteiger partial charge is 0.336 e. The van der Waals surface area contributed by atoms with Gasteiger partial charge >= 0.3 is 5.97 Å². The molecular weight excluding hydrogens is 282 g/mol. The van der Waals surface area contributed by atoms with Gasteiger partial charge in [0.2, 0.25) is 10.0 Å². The highest BCUT2D eigenvalue weighted by Gasteiger charge is 2.29. The van der Waals surface area contributed by atoms with Crippen LogP contribution in [0, 0.1) is 0 Å². The van der Waals surface area contributed by atoms with Crippen LogP contribution in [0.2, 0.25) is 0 Å². The predicted octanol–water partition coefficient (Wildman–Crippen LogP) is 1.11. The number of aromatic carboxylic acids is 1. The largest absolute Gasteiger partial charge is 0.478 e. The molecule has 0 unspecified atom stereocenters. The molecule has 6 nitrogen and oxygen atoms in total. The van der Waals surface area contributed by atoms with Gasteiger partial charge in [-0.2, -0.15) is 0 Å². The van der Waals surface area contributed by atoms with Crippen molar-refractivity contribution in [3.63, 3.8) is 0 Å². The first kappa shape index (κ1) is 14.8. The lowest BCUT2D eigenvalue weighted by atomic mass is 9.98. The maximum atomic E-state index is 12.3. The molecule has 0 aliphatic carbocycles. The first-order valence-electron chi connectivity index (χ1n) is 6.32. The van der Waals surface area contributed by atoms with Crippen LogP contribution in [0.5, 0.6) is 0 Å². The lowest BCUT2D eigenvalue weighted by Crippen LogP contribution is -2.38. The molecule has 0 amide bonds. The molecule has 1 aromatic rings. The van der Waals surface area contributed by atoms with Crippen molar-refractivity contribution in [2.75, 3.05) is 30.3 Å². The summed E-state index contributed by atoms with van der Waals surface area (Å²) >= 11 is 0. The summed E-state index contributed by atoms with van der Waals surface area (Å²) in [5.41, 5.74) is 1.24. The van der Waals surface area contributed by atoms with E-state index in [1.807, 2.05) is 0 Å². The van der Waals surface area contributed by atoms with Crippen LogP contribution in [-0.4, -0.2) is 45.5 Å². The second kappa shape index (κ2) is 5.80. The Labute approximate surface area is 118 Å². The van der Waals surface area contributed by atoms with E-state index in [2.05, 4.69) is 0 Å². The van der Waals surface area contributed by atoms with Gasteiger partial charge in [0, 0.05) is 13.7 Å². The molecule has 1 N–H and O–H groups in total. The Balaban J connectivity index is 2.43. The van der Waals surface area contributed by atoms with Crippen molar-refractivity contribution in [1.82, 2.24) is 0 Å². The van der Waals surface area contributed by atoms with E-state index in [9.17, 15) is 18.3 Å². The number of benzene rings is 1. The zero-order valence-corrected chi connectivity index (χ0v) is 12.0. The van der Waals surface area contributed by atoms with Gasteiger partial charge in [-0.25, -0.2) is 13.2 Å². The normalized spacial score (nSPS) is 14.9. The molecule has 2 rings (SSSR count). The molecule has 0 radical (unpaired) electrons. The Hall–Kier alpha value is -1.60. The van der Waals surface area contributed by atoms with Gasteiger partial charge < -0.3 is 9.84 Å². The van der Waals surface area contributed by atoms with Gasteiger partial charge in [-0.1, -0.05) is 6.07 Å². The van der Waals surface area contributed by atoms with Crippen LogP contribution in [-0.2, 0) is 21.2 Å². The minimum Gasteiger partial charge on any atom is -0.478 e. The number of rotatable bonds is 5. The second-order valence-corrected chi connectivity index (χ2v) is 6.61. The van der Waals surface area contributed by atoms with Crippen molar-refractivity contribution in [1.29, 1.82) is 0 Å². The molecular formula is C13H17NO5S. The number of carbonyl (C=O) groups is 1. The molecule has 20 heavy (non-hydrogen) atoms. The van der Waals surface area contributed by atoms with E-state index >= 15 is 0 Å². The summed E-state index contributed by atoms with van der Waals surface area (Å²) in [5, 5.41) is 9.18. The van der Waals surface area contributed by atoms with E-state index in [4.69, 9.17) is 4.74 Å². The molecule has 0 aromatic heterocycles. The molecule has 0 bridgehead atoms. The second-order valence-electron chi connectivity index (χ2n) is 4.59. The zero-order valence-electron chi connectivity index (χ0n) is 11.2. The van der Waals surface area contributed by atoms with Crippen LogP contribution in [0.4, 0.5) is 5.69 Å². The van der Waals surface area contributed by atoms with Gasteiger partial charge in [0.05, 0.1) is 23.6 Å². The highest BCUT2D eigenvalue weighted by Crippen LogP contribution is 2.32. The number of carboxylic acids is 1. The Kier molecular flexibility index (Phi) is 4.29. The van der Waals surface area contributed by atoms with E-state index in [1.54, 1.807) is 12.1 Å². The number of nitrogens with zero attached hydrogens (tertiary/aromatic N) is 1. The van der Waals surface area contributed by atoms with Crippen LogP contribution in [0.25, 0.3) is 0 Å². The third-order valence-electron chi connectivity index (χ3n) is 3.32. The molecule has 0 saturated carbocycles. The monoisotopic (exact) mass is 299 g/mol. The van der Waals surface area contributed by atoms with E-state index in [0.717, 1.165) is 0 Å². The van der Waals surface area contributed by atoms with Crippen LogP contribution in [0.3, 0.4) is 0 Å². The van der Waals surface area contributed by atoms with E-state index in [0.29, 0.717) is 30.6 Å². The highest BCUT2D eigenvalue weighted by molar-refractivity contribution is 7.92. The maximum Gasteiger partial charge on any atom is 0.336 e. The predicted molar refractivity (Wildman–Crippen MR) is 74.7 cm³/mol. The average Bonchev–Trinajstić information content (AvgIpc) is 2.43. The van der Waals surface area contributed by atoms with Crippen LogP contribution in [0.1, 0.15) is 22.3 Å². The van der Waals surface area contributed by atoms with Gasteiger partial charge in [0.1, 0.15) is 0 Å². The molecule has 7 heteroatoms. The number of hydrogen-bond acceptors (Lipinski definition) is 4. The highest BCUT2D eigenvalue weighted by atomic mass is 32.2. The van der Waals surface area contributed by atoms with Gasteiger partial charge in [-0.15, -0.1) is 0 Å².